The van der Waals surface area contributed by atoms with E-state index in [0.29, 0.717) is 180 Å². The van der Waals surface area contributed by atoms with Gasteiger partial charge in [-0.15, -0.1) is 6.58 Å². The largest absolute Gasteiger partial charge is 0.390 e. The predicted molar refractivity (Wildman–Crippen MR) is 294 cm³/mol. The highest BCUT2D eigenvalue weighted by Gasteiger charge is 2.33. The Hall–Kier alpha value is -1.22. The summed E-state index contributed by atoms with van der Waals surface area (Å²) in [6.45, 7) is 27.7. The fourth-order valence-electron chi connectivity index (χ4n) is 10.1. The molecule has 0 aliphatic carbocycles. The minimum atomic E-state index is -1.28. The topological polar surface area (TPSA) is 223 Å². The third-order valence-corrected chi connectivity index (χ3v) is 15.8. The minimum Gasteiger partial charge on any atom is -0.390 e. The molecular formula is C60H116O11. The van der Waals surface area contributed by atoms with Crippen LogP contribution in [0, 0.1) is 0 Å². The zero-order valence-corrected chi connectivity index (χ0v) is 48.1. The molecule has 11 N–H and O–H groups in total. The maximum atomic E-state index is 11.2. The van der Waals surface area contributed by atoms with Crippen molar-refractivity contribution in [3.63, 3.8) is 0 Å². The Bertz CT molecular complexity index is 1510. The molecule has 0 saturated heterocycles. The molecule has 11 heteroatoms. The second-order valence-electron chi connectivity index (χ2n) is 26.2. The summed E-state index contributed by atoms with van der Waals surface area (Å²) in [5.41, 5.74) is -7.07. The van der Waals surface area contributed by atoms with E-state index < -0.39 is 62.1 Å². The lowest BCUT2D eigenvalue weighted by molar-refractivity contribution is -0.0746. The number of hydrogen-bond donors (Lipinski definition) is 11. The van der Waals surface area contributed by atoms with E-state index in [-0.39, 0.29) is 0 Å². The van der Waals surface area contributed by atoms with Crippen LogP contribution in [0.25, 0.3) is 0 Å². The maximum Gasteiger partial charge on any atom is 0.0877 e. The van der Waals surface area contributed by atoms with E-state index in [0.717, 1.165) is 18.4 Å². The second kappa shape index (κ2) is 31.1. The van der Waals surface area contributed by atoms with Crippen molar-refractivity contribution < 1.29 is 56.2 Å². The molecule has 0 saturated carbocycles. The summed E-state index contributed by atoms with van der Waals surface area (Å²) in [4.78, 5) is 0. The predicted octanol–water partition coefficient (Wildman–Crippen LogP) is 11.7. The molecule has 11 atom stereocenters. The van der Waals surface area contributed by atoms with Crippen molar-refractivity contribution in [2.45, 2.75) is 345 Å². The van der Waals surface area contributed by atoms with Gasteiger partial charge in [0, 0.05) is 0 Å². The minimum absolute atomic E-state index is 0.350. The molecule has 0 aromatic heterocycles. The number of aliphatic hydroxyl groups is 11. The summed E-state index contributed by atoms with van der Waals surface area (Å²) in [5, 5.41) is 120. The molecule has 0 aromatic rings. The second-order valence-corrected chi connectivity index (χ2v) is 26.2. The molecule has 0 radical (unpaired) electrons. The van der Waals surface area contributed by atoms with Gasteiger partial charge in [-0.25, -0.2) is 0 Å². The van der Waals surface area contributed by atoms with Crippen LogP contribution in [0.4, 0.5) is 0 Å². The number of allylic oxidation sites excluding steroid dienone is 4. The number of aliphatic hydroxyl groups excluding tert-OH is 1. The molecule has 0 aliphatic heterocycles. The van der Waals surface area contributed by atoms with Crippen LogP contribution in [0.15, 0.2) is 36.0 Å². The first kappa shape index (κ1) is 69.8. The van der Waals surface area contributed by atoms with Gasteiger partial charge in [-0.2, -0.15) is 0 Å². The van der Waals surface area contributed by atoms with E-state index in [1.807, 2.05) is 48.5 Å². The summed E-state index contributed by atoms with van der Waals surface area (Å²) in [5.74, 6) is 0. The lowest BCUT2D eigenvalue weighted by atomic mass is 9.83. The maximum absolute atomic E-state index is 11.2. The van der Waals surface area contributed by atoms with Crippen molar-refractivity contribution in [2.75, 3.05) is 0 Å². The van der Waals surface area contributed by atoms with Crippen molar-refractivity contribution in [2.24, 2.45) is 0 Å². The summed E-state index contributed by atoms with van der Waals surface area (Å²) in [6.07, 6.45) is 22.2. The van der Waals surface area contributed by atoms with Crippen LogP contribution < -0.4 is 0 Å². The molecule has 11 unspecified atom stereocenters. The van der Waals surface area contributed by atoms with Crippen LogP contribution in [-0.4, -0.2) is 118 Å². The fourth-order valence-corrected chi connectivity index (χ4v) is 10.1. The summed E-state index contributed by atoms with van der Waals surface area (Å²) in [7, 11) is 0. The monoisotopic (exact) mass is 1010 g/mol. The van der Waals surface area contributed by atoms with E-state index in [4.69, 9.17) is 0 Å². The summed E-state index contributed by atoms with van der Waals surface area (Å²) < 4.78 is 0. The molecule has 0 bridgehead atoms. The molecule has 0 aromatic carbocycles. The molecule has 0 amide bonds. The van der Waals surface area contributed by atoms with Gasteiger partial charge in [0.15, 0.2) is 0 Å². The first-order valence-electron chi connectivity index (χ1n) is 28.0. The Balaban J connectivity index is 4.51. The molecule has 0 heterocycles. The highest BCUT2D eigenvalue weighted by atomic mass is 16.3. The SMILES string of the molecule is C=CC(C)(O)CCC=C(C)CCC(O)C(C)(O)CCCC(C)(O)CCCC(C)(O)CCCC(C)(O)CCCC(C)(O)CCCC(C)(O)CCCC(C)(O)CCCC(C)(O)CCCC(C)(O)CCC=C(C)C. The molecule has 0 spiro atoms. The van der Waals surface area contributed by atoms with Gasteiger partial charge in [-0.3, -0.25) is 0 Å². The standard InChI is InChI=1S/C60H116O11/c1-15-51(5,62)30-17-27-49(4)28-29-50(61)60(14,71)47-25-46-59(13,70)45-24-44-58(12,69)43-23-42-57(11,68)41-22-40-56(10,67)39-21-38-55(9,66)37-20-36-54(8,65)35-19-34-53(7,64)33-18-32-52(6,63)31-16-26-48(2)3/h15,26-27,50,61-71H,1,16-25,28-47H2,2-14H3. The van der Waals surface area contributed by atoms with E-state index in [9.17, 15) is 56.2 Å². The van der Waals surface area contributed by atoms with Crippen LogP contribution in [0.2, 0.25) is 0 Å². The van der Waals surface area contributed by atoms with Gasteiger partial charge in [0.1, 0.15) is 0 Å². The fraction of sp³-hybridized carbons (Fsp3) is 0.900. The summed E-state index contributed by atoms with van der Waals surface area (Å²) in [6, 6.07) is 0. The van der Waals surface area contributed by atoms with Gasteiger partial charge in [0.2, 0.25) is 0 Å². The van der Waals surface area contributed by atoms with E-state index in [1.165, 1.54) is 11.6 Å². The Morgan fingerprint density at radius 2 is 0.606 bits per heavy atom. The van der Waals surface area contributed by atoms with Crippen LogP contribution in [0.1, 0.15) is 283 Å². The van der Waals surface area contributed by atoms with Gasteiger partial charge in [0.05, 0.1) is 62.1 Å². The molecule has 0 aliphatic rings. The lowest BCUT2D eigenvalue weighted by Crippen LogP contribution is -2.39. The molecular weight excluding hydrogens is 897 g/mol. The highest BCUT2D eigenvalue weighted by molar-refractivity contribution is 5.02. The van der Waals surface area contributed by atoms with E-state index in [2.05, 4.69) is 32.6 Å². The Morgan fingerprint density at radius 3 is 0.859 bits per heavy atom. The number of rotatable bonds is 43. The molecule has 11 nitrogen and oxygen atoms in total. The number of hydrogen-bond acceptors (Lipinski definition) is 11. The highest BCUT2D eigenvalue weighted by Crippen LogP contribution is 2.34. The van der Waals surface area contributed by atoms with Crippen molar-refractivity contribution in [1.82, 2.24) is 0 Å². The van der Waals surface area contributed by atoms with Crippen LogP contribution in [0.3, 0.4) is 0 Å². The summed E-state index contributed by atoms with van der Waals surface area (Å²) >= 11 is 0. The van der Waals surface area contributed by atoms with Gasteiger partial charge < -0.3 is 56.2 Å². The lowest BCUT2D eigenvalue weighted by Gasteiger charge is -2.32. The third-order valence-electron chi connectivity index (χ3n) is 15.8. The average Bonchev–Trinajstić information content (AvgIpc) is 3.18. The average molecular weight is 1010 g/mol. The smallest absolute Gasteiger partial charge is 0.0877 e. The van der Waals surface area contributed by atoms with Crippen molar-refractivity contribution in [3.05, 3.63) is 36.0 Å². The quantitative estimate of drug-likeness (QED) is 0.0258. The van der Waals surface area contributed by atoms with Crippen LogP contribution in [0.5, 0.6) is 0 Å². The zero-order valence-electron chi connectivity index (χ0n) is 48.1. The molecule has 422 valence electrons. The van der Waals surface area contributed by atoms with Crippen molar-refractivity contribution in [1.29, 1.82) is 0 Å². The van der Waals surface area contributed by atoms with Crippen molar-refractivity contribution >= 4 is 0 Å². The van der Waals surface area contributed by atoms with Crippen molar-refractivity contribution in [3.8, 4) is 0 Å². The first-order chi connectivity index (χ1) is 32.2. The molecule has 0 rings (SSSR count). The Labute approximate surface area is 435 Å². The van der Waals surface area contributed by atoms with Gasteiger partial charge in [-0.1, -0.05) is 29.4 Å². The van der Waals surface area contributed by atoms with Crippen LogP contribution >= 0.6 is 0 Å². The molecule has 0 fully saturated rings. The Kier molecular flexibility index (Phi) is 30.6. The van der Waals surface area contributed by atoms with E-state index >= 15 is 0 Å². The van der Waals surface area contributed by atoms with Gasteiger partial charge in [0.25, 0.3) is 0 Å². The first-order valence-corrected chi connectivity index (χ1v) is 28.0. The Morgan fingerprint density at radius 1 is 0.366 bits per heavy atom. The molecule has 71 heavy (non-hydrogen) atoms. The third kappa shape index (κ3) is 37.2. The van der Waals surface area contributed by atoms with Gasteiger partial charge in [-0.05, 0) is 283 Å². The normalized spacial score (nSPS) is 21.6. The van der Waals surface area contributed by atoms with E-state index in [1.54, 1.807) is 27.7 Å². The van der Waals surface area contributed by atoms with Gasteiger partial charge >= 0.3 is 0 Å². The zero-order chi connectivity index (χ0) is 55.1. The van der Waals surface area contributed by atoms with Crippen LogP contribution in [-0.2, 0) is 0 Å².